The SMILES string of the molecule is Cc1c(CN2CCCC(C(=O)c3ccc(C(C)(C)C)cc3)C2)cnn1C. The fraction of sp³-hybridized carbons (Fsp3) is 0.545. The summed E-state index contributed by atoms with van der Waals surface area (Å²) in [5.41, 5.74) is 4.70. The van der Waals surface area contributed by atoms with Crippen molar-refractivity contribution in [3.8, 4) is 0 Å². The molecule has 1 atom stereocenters. The lowest BCUT2D eigenvalue weighted by Crippen LogP contribution is -2.38. The van der Waals surface area contributed by atoms with Gasteiger partial charge in [-0.1, -0.05) is 45.0 Å². The molecule has 0 bridgehead atoms. The number of benzene rings is 1. The van der Waals surface area contributed by atoms with E-state index in [4.69, 9.17) is 0 Å². The Morgan fingerprint density at radius 2 is 1.92 bits per heavy atom. The minimum Gasteiger partial charge on any atom is -0.298 e. The van der Waals surface area contributed by atoms with Crippen LogP contribution in [-0.4, -0.2) is 33.6 Å². The van der Waals surface area contributed by atoms with Crippen molar-refractivity contribution in [1.82, 2.24) is 14.7 Å². The van der Waals surface area contributed by atoms with Gasteiger partial charge in [0.1, 0.15) is 0 Å². The van der Waals surface area contributed by atoms with Crippen LogP contribution in [0.3, 0.4) is 0 Å². The van der Waals surface area contributed by atoms with Crippen LogP contribution in [-0.2, 0) is 19.0 Å². The first kappa shape index (κ1) is 18.8. The van der Waals surface area contributed by atoms with Crippen LogP contribution in [0.15, 0.2) is 30.5 Å². The van der Waals surface area contributed by atoms with Crippen molar-refractivity contribution in [1.29, 1.82) is 0 Å². The molecule has 2 aromatic rings. The van der Waals surface area contributed by atoms with Crippen LogP contribution in [0.25, 0.3) is 0 Å². The van der Waals surface area contributed by atoms with Gasteiger partial charge < -0.3 is 0 Å². The lowest BCUT2D eigenvalue weighted by molar-refractivity contribution is 0.0811. The first-order valence-corrected chi connectivity index (χ1v) is 9.60. The zero-order valence-electron chi connectivity index (χ0n) is 16.7. The number of aromatic nitrogens is 2. The Hall–Kier alpha value is -1.94. The van der Waals surface area contributed by atoms with E-state index in [1.807, 2.05) is 30.1 Å². The van der Waals surface area contributed by atoms with E-state index in [9.17, 15) is 4.79 Å². The van der Waals surface area contributed by atoms with Gasteiger partial charge in [0.2, 0.25) is 0 Å². The second kappa shape index (κ2) is 7.36. The first-order chi connectivity index (χ1) is 12.3. The minimum absolute atomic E-state index is 0.0983. The maximum Gasteiger partial charge on any atom is 0.167 e. The molecule has 3 rings (SSSR count). The summed E-state index contributed by atoms with van der Waals surface area (Å²) in [6, 6.07) is 8.22. The molecule has 26 heavy (non-hydrogen) atoms. The molecule has 0 amide bonds. The monoisotopic (exact) mass is 353 g/mol. The summed E-state index contributed by atoms with van der Waals surface area (Å²) in [6.45, 7) is 11.5. The van der Waals surface area contributed by atoms with Crippen molar-refractivity contribution in [2.75, 3.05) is 13.1 Å². The Labute approximate surface area is 157 Å². The molecule has 0 aliphatic carbocycles. The Kier molecular flexibility index (Phi) is 5.33. The van der Waals surface area contributed by atoms with E-state index in [1.54, 1.807) is 0 Å². The molecule has 1 unspecified atom stereocenters. The highest BCUT2D eigenvalue weighted by molar-refractivity contribution is 5.98. The van der Waals surface area contributed by atoms with Crippen LogP contribution in [0.4, 0.5) is 0 Å². The smallest absolute Gasteiger partial charge is 0.167 e. The van der Waals surface area contributed by atoms with Gasteiger partial charge in [0.05, 0.1) is 6.20 Å². The maximum absolute atomic E-state index is 13.0. The van der Waals surface area contributed by atoms with Gasteiger partial charge in [0, 0.05) is 42.9 Å². The van der Waals surface area contributed by atoms with Gasteiger partial charge in [-0.3, -0.25) is 14.4 Å². The Balaban J connectivity index is 1.67. The number of hydrogen-bond acceptors (Lipinski definition) is 3. The van der Waals surface area contributed by atoms with Crippen molar-refractivity contribution < 1.29 is 4.79 Å². The molecule has 1 fully saturated rings. The average Bonchev–Trinajstić information content (AvgIpc) is 2.93. The molecule has 2 heterocycles. The third-order valence-electron chi connectivity index (χ3n) is 5.64. The van der Waals surface area contributed by atoms with Crippen LogP contribution >= 0.6 is 0 Å². The van der Waals surface area contributed by atoms with Gasteiger partial charge in [-0.25, -0.2) is 0 Å². The predicted octanol–water partition coefficient (Wildman–Crippen LogP) is 4.12. The van der Waals surface area contributed by atoms with E-state index >= 15 is 0 Å². The zero-order chi connectivity index (χ0) is 18.9. The normalized spacial score (nSPS) is 18.9. The second-order valence-electron chi connectivity index (χ2n) is 8.64. The number of Topliss-reactive ketones (excluding diaryl/α,β-unsaturated/α-hetero) is 1. The molecule has 1 aliphatic rings. The number of carbonyl (C=O) groups is 1. The summed E-state index contributed by atoms with van der Waals surface area (Å²) in [5, 5.41) is 4.33. The number of nitrogens with zero attached hydrogens (tertiary/aromatic N) is 3. The second-order valence-corrected chi connectivity index (χ2v) is 8.64. The molecule has 1 saturated heterocycles. The summed E-state index contributed by atoms with van der Waals surface area (Å²) >= 11 is 0. The molecular formula is C22H31N3O. The highest BCUT2D eigenvalue weighted by Gasteiger charge is 2.27. The van der Waals surface area contributed by atoms with Crippen LogP contribution in [0.2, 0.25) is 0 Å². The summed E-state index contributed by atoms with van der Waals surface area (Å²) in [4.78, 5) is 15.4. The van der Waals surface area contributed by atoms with Crippen molar-refractivity contribution in [3.05, 3.63) is 52.8 Å². The number of aryl methyl sites for hydroxylation is 1. The summed E-state index contributed by atoms with van der Waals surface area (Å²) in [7, 11) is 1.97. The summed E-state index contributed by atoms with van der Waals surface area (Å²) < 4.78 is 1.92. The van der Waals surface area contributed by atoms with Gasteiger partial charge in [0.15, 0.2) is 5.78 Å². The number of ketones is 1. The lowest BCUT2D eigenvalue weighted by atomic mass is 9.85. The Morgan fingerprint density at radius 3 is 2.50 bits per heavy atom. The molecule has 4 nitrogen and oxygen atoms in total. The minimum atomic E-state index is 0.0983. The van der Waals surface area contributed by atoms with E-state index < -0.39 is 0 Å². The van der Waals surface area contributed by atoms with Gasteiger partial charge in [-0.05, 0) is 37.3 Å². The van der Waals surface area contributed by atoms with Crippen molar-refractivity contribution in [2.45, 2.75) is 52.5 Å². The fourth-order valence-corrected chi connectivity index (χ4v) is 3.72. The van der Waals surface area contributed by atoms with E-state index in [2.05, 4.69) is 49.8 Å². The Bertz CT molecular complexity index is 768. The maximum atomic E-state index is 13.0. The third-order valence-corrected chi connectivity index (χ3v) is 5.64. The van der Waals surface area contributed by atoms with E-state index in [0.29, 0.717) is 0 Å². The molecule has 1 aromatic carbocycles. The van der Waals surface area contributed by atoms with Crippen LogP contribution in [0.5, 0.6) is 0 Å². The number of piperidine rings is 1. The number of carbonyl (C=O) groups excluding carboxylic acids is 1. The average molecular weight is 354 g/mol. The molecule has 0 spiro atoms. The van der Waals surface area contributed by atoms with Gasteiger partial charge in [-0.2, -0.15) is 5.10 Å². The number of hydrogen-bond donors (Lipinski definition) is 0. The van der Waals surface area contributed by atoms with Crippen molar-refractivity contribution >= 4 is 5.78 Å². The van der Waals surface area contributed by atoms with Crippen molar-refractivity contribution in [3.63, 3.8) is 0 Å². The van der Waals surface area contributed by atoms with E-state index in [1.165, 1.54) is 16.8 Å². The van der Waals surface area contributed by atoms with E-state index in [-0.39, 0.29) is 17.1 Å². The van der Waals surface area contributed by atoms with Crippen LogP contribution in [0, 0.1) is 12.8 Å². The zero-order valence-corrected chi connectivity index (χ0v) is 16.7. The molecule has 1 aliphatic heterocycles. The molecule has 4 heteroatoms. The highest BCUT2D eigenvalue weighted by atomic mass is 16.1. The fourth-order valence-electron chi connectivity index (χ4n) is 3.72. The lowest BCUT2D eigenvalue weighted by Gasteiger charge is -2.32. The van der Waals surface area contributed by atoms with Crippen LogP contribution in [0.1, 0.15) is 60.8 Å². The standard InChI is InChI=1S/C22H31N3O/c1-16-19(13-23-24(16)5)15-25-12-6-7-18(14-25)21(26)17-8-10-20(11-9-17)22(2,3)4/h8-11,13,18H,6-7,12,14-15H2,1-5H3. The molecule has 140 valence electrons. The van der Waals surface area contributed by atoms with Gasteiger partial charge in [-0.15, -0.1) is 0 Å². The molecule has 1 aromatic heterocycles. The topological polar surface area (TPSA) is 38.1 Å². The van der Waals surface area contributed by atoms with Gasteiger partial charge in [0.25, 0.3) is 0 Å². The van der Waals surface area contributed by atoms with Crippen LogP contribution < -0.4 is 0 Å². The summed E-state index contributed by atoms with van der Waals surface area (Å²) in [5.74, 6) is 0.388. The third kappa shape index (κ3) is 4.07. The molecule has 0 radical (unpaired) electrons. The quantitative estimate of drug-likeness (QED) is 0.776. The summed E-state index contributed by atoms with van der Waals surface area (Å²) in [6.07, 6.45) is 4.02. The first-order valence-electron chi connectivity index (χ1n) is 9.60. The highest BCUT2D eigenvalue weighted by Crippen LogP contribution is 2.26. The van der Waals surface area contributed by atoms with Gasteiger partial charge >= 0.3 is 0 Å². The molecular weight excluding hydrogens is 322 g/mol. The van der Waals surface area contributed by atoms with E-state index in [0.717, 1.165) is 38.0 Å². The Morgan fingerprint density at radius 1 is 1.23 bits per heavy atom. The predicted molar refractivity (Wildman–Crippen MR) is 105 cm³/mol. The largest absolute Gasteiger partial charge is 0.298 e. The number of likely N-dealkylation sites (tertiary alicyclic amines) is 1. The number of rotatable bonds is 4. The molecule has 0 N–H and O–H groups in total. The molecule has 0 saturated carbocycles. The van der Waals surface area contributed by atoms with Crippen molar-refractivity contribution in [2.24, 2.45) is 13.0 Å².